The Kier molecular flexibility index (Phi) is 5.12. The van der Waals surface area contributed by atoms with Crippen LogP contribution in [0.4, 0.5) is 0 Å². The van der Waals surface area contributed by atoms with Crippen LogP contribution in [0.3, 0.4) is 0 Å². The monoisotopic (exact) mass is 291 g/mol. The van der Waals surface area contributed by atoms with Gasteiger partial charge < -0.3 is 9.67 Å². The van der Waals surface area contributed by atoms with Crippen molar-refractivity contribution in [1.82, 2.24) is 14.3 Å². The third kappa shape index (κ3) is 2.93. The molecule has 21 heavy (non-hydrogen) atoms. The van der Waals surface area contributed by atoms with Gasteiger partial charge in [0.15, 0.2) is 0 Å². The van der Waals surface area contributed by atoms with Gasteiger partial charge in [-0.2, -0.15) is 5.10 Å². The van der Waals surface area contributed by atoms with E-state index in [2.05, 4.69) is 5.10 Å². The molecule has 0 spiro atoms. The van der Waals surface area contributed by atoms with E-state index in [0.717, 1.165) is 28.2 Å². The normalized spacial score (nSPS) is 12.1. The molecule has 1 atom stereocenters. The Bertz CT molecular complexity index is 696. The Balaban J connectivity index is 0.00000220. The fourth-order valence-electron chi connectivity index (χ4n) is 2.60. The van der Waals surface area contributed by atoms with Gasteiger partial charge in [0.2, 0.25) is 0 Å². The first-order chi connectivity index (χ1) is 9.36. The van der Waals surface area contributed by atoms with Gasteiger partial charge in [0, 0.05) is 19.2 Å². The van der Waals surface area contributed by atoms with Gasteiger partial charge >= 0.3 is 0 Å². The number of aromatic nitrogens is 3. The first-order valence-corrected chi connectivity index (χ1v) is 6.80. The van der Waals surface area contributed by atoms with Gasteiger partial charge in [0.05, 0.1) is 17.5 Å². The molecule has 5 heteroatoms. The molecule has 0 aliphatic heterocycles. The second-order valence-corrected chi connectivity index (χ2v) is 5.17. The van der Waals surface area contributed by atoms with E-state index < -0.39 is 6.10 Å². The lowest BCUT2D eigenvalue weighted by Gasteiger charge is -2.10. The van der Waals surface area contributed by atoms with Gasteiger partial charge in [-0.1, -0.05) is 7.43 Å². The Labute approximate surface area is 125 Å². The molecule has 2 aromatic heterocycles. The number of aliphatic hydroxyl groups is 1. The zero-order valence-electron chi connectivity index (χ0n) is 12.6. The topological polar surface area (TPSA) is 60.0 Å². The summed E-state index contributed by atoms with van der Waals surface area (Å²) in [4.78, 5) is 12.1. The van der Waals surface area contributed by atoms with Crippen molar-refractivity contribution >= 4 is 0 Å². The molecule has 0 radical (unpaired) electrons. The lowest BCUT2D eigenvalue weighted by atomic mass is 10.1. The molecule has 0 saturated heterocycles. The maximum absolute atomic E-state index is 12.1. The maximum Gasteiger partial charge on any atom is 0.253 e. The average molecular weight is 291 g/mol. The largest absolute Gasteiger partial charge is 0.387 e. The van der Waals surface area contributed by atoms with Crippen LogP contribution in [-0.2, 0) is 13.6 Å². The molecule has 1 unspecified atom stereocenters. The Hall–Kier alpha value is -1.88. The summed E-state index contributed by atoms with van der Waals surface area (Å²) in [5, 5.41) is 14.3. The van der Waals surface area contributed by atoms with E-state index in [1.165, 1.54) is 0 Å². The molecule has 116 valence electrons. The van der Waals surface area contributed by atoms with E-state index in [9.17, 15) is 9.90 Å². The summed E-state index contributed by atoms with van der Waals surface area (Å²) in [7, 11) is 1.75. The minimum Gasteiger partial charge on any atom is -0.387 e. The molecule has 0 fully saturated rings. The van der Waals surface area contributed by atoms with E-state index in [1.54, 1.807) is 23.2 Å². The van der Waals surface area contributed by atoms with E-state index in [1.807, 2.05) is 32.9 Å². The summed E-state index contributed by atoms with van der Waals surface area (Å²) in [5.41, 5.74) is 3.99. The van der Waals surface area contributed by atoms with Gasteiger partial charge in [-0.3, -0.25) is 9.48 Å². The number of aryl methyl sites for hydroxylation is 3. The summed E-state index contributed by atoms with van der Waals surface area (Å²) < 4.78 is 3.39. The molecule has 0 aromatic carbocycles. The van der Waals surface area contributed by atoms with Crippen LogP contribution in [0.5, 0.6) is 0 Å². The molecule has 0 saturated carbocycles. The van der Waals surface area contributed by atoms with Crippen molar-refractivity contribution in [3.8, 4) is 11.4 Å². The minimum atomic E-state index is -0.584. The average Bonchev–Trinajstić information content (AvgIpc) is 2.80. The third-order valence-electron chi connectivity index (χ3n) is 3.57. The van der Waals surface area contributed by atoms with Crippen molar-refractivity contribution in [3.05, 3.63) is 39.3 Å². The number of hydrogen-bond acceptors (Lipinski definition) is 3. The fraction of sp³-hybridized carbons (Fsp3) is 0.500. The molecule has 2 heterocycles. The van der Waals surface area contributed by atoms with Gasteiger partial charge in [0.25, 0.3) is 5.56 Å². The van der Waals surface area contributed by atoms with Gasteiger partial charge in [-0.05, 0) is 45.4 Å². The van der Waals surface area contributed by atoms with Crippen molar-refractivity contribution in [1.29, 1.82) is 0 Å². The van der Waals surface area contributed by atoms with Crippen LogP contribution in [0.1, 0.15) is 44.2 Å². The number of pyridine rings is 1. The molecule has 0 aliphatic carbocycles. The summed E-state index contributed by atoms with van der Waals surface area (Å²) in [5.74, 6) is 0. The second kappa shape index (κ2) is 6.26. The number of rotatable bonds is 3. The van der Waals surface area contributed by atoms with Crippen molar-refractivity contribution in [3.63, 3.8) is 0 Å². The molecule has 2 rings (SSSR count). The molecular formula is C16H25N3O2. The van der Waals surface area contributed by atoms with Crippen molar-refractivity contribution in [2.24, 2.45) is 7.05 Å². The van der Waals surface area contributed by atoms with Crippen LogP contribution in [0.25, 0.3) is 11.4 Å². The highest BCUT2D eigenvalue weighted by atomic mass is 16.3. The first-order valence-electron chi connectivity index (χ1n) is 6.80. The highest BCUT2D eigenvalue weighted by Crippen LogP contribution is 2.24. The van der Waals surface area contributed by atoms with Gasteiger partial charge in [0.1, 0.15) is 5.69 Å². The van der Waals surface area contributed by atoms with E-state index in [4.69, 9.17) is 0 Å². The summed E-state index contributed by atoms with van der Waals surface area (Å²) in [6.07, 6.45) is -0.584. The predicted octanol–water partition coefficient (Wildman–Crippen LogP) is 2.57. The van der Waals surface area contributed by atoms with Crippen LogP contribution < -0.4 is 5.56 Å². The molecule has 5 nitrogen and oxygen atoms in total. The third-order valence-corrected chi connectivity index (χ3v) is 3.57. The van der Waals surface area contributed by atoms with E-state index in [0.29, 0.717) is 6.54 Å². The summed E-state index contributed by atoms with van der Waals surface area (Å²) in [6.45, 7) is 8.15. The number of aliphatic hydroxyl groups excluding tert-OH is 1. The zero-order chi connectivity index (χ0) is 15.0. The lowest BCUT2D eigenvalue weighted by Crippen LogP contribution is -2.21. The standard InChI is InChI=1S/C15H21N3O2.CH4/c1-6-18-13(11(4)19)8-12(16-18)14-9(2)7-10(3)15(20)17(14)5;/h7-8,11,19H,6H2,1-5H3;1H4. The molecule has 2 aromatic rings. The van der Waals surface area contributed by atoms with Crippen molar-refractivity contribution in [2.75, 3.05) is 0 Å². The lowest BCUT2D eigenvalue weighted by molar-refractivity contribution is 0.187. The minimum absolute atomic E-state index is 0. The van der Waals surface area contributed by atoms with Crippen LogP contribution in [0, 0.1) is 13.8 Å². The fourth-order valence-corrected chi connectivity index (χ4v) is 2.60. The van der Waals surface area contributed by atoms with Crippen LogP contribution in [0.2, 0.25) is 0 Å². The van der Waals surface area contributed by atoms with Crippen LogP contribution in [0.15, 0.2) is 16.9 Å². The van der Waals surface area contributed by atoms with Gasteiger partial charge in [-0.15, -0.1) is 0 Å². The maximum atomic E-state index is 12.1. The zero-order valence-corrected chi connectivity index (χ0v) is 12.6. The number of nitrogens with zero attached hydrogens (tertiary/aromatic N) is 3. The molecule has 0 aliphatic rings. The van der Waals surface area contributed by atoms with E-state index >= 15 is 0 Å². The first kappa shape index (κ1) is 17.2. The van der Waals surface area contributed by atoms with Crippen molar-refractivity contribution in [2.45, 2.75) is 47.8 Å². The predicted molar refractivity (Wildman–Crippen MR) is 85.4 cm³/mol. The van der Waals surface area contributed by atoms with Crippen LogP contribution in [-0.4, -0.2) is 19.5 Å². The summed E-state index contributed by atoms with van der Waals surface area (Å²) >= 11 is 0. The Morgan fingerprint density at radius 1 is 1.29 bits per heavy atom. The highest BCUT2D eigenvalue weighted by molar-refractivity contribution is 5.60. The molecule has 0 amide bonds. The van der Waals surface area contributed by atoms with E-state index in [-0.39, 0.29) is 13.0 Å². The quantitative estimate of drug-likeness (QED) is 0.945. The summed E-state index contributed by atoms with van der Waals surface area (Å²) in [6, 6.07) is 3.73. The SMILES string of the molecule is C.CCn1nc(-c2c(C)cc(C)c(=O)n2C)cc1C(C)O. The Morgan fingerprint density at radius 2 is 1.90 bits per heavy atom. The smallest absolute Gasteiger partial charge is 0.253 e. The molecular weight excluding hydrogens is 266 g/mol. The number of hydrogen-bond donors (Lipinski definition) is 1. The second-order valence-electron chi connectivity index (χ2n) is 5.17. The Morgan fingerprint density at radius 3 is 2.38 bits per heavy atom. The highest BCUT2D eigenvalue weighted by Gasteiger charge is 2.17. The van der Waals surface area contributed by atoms with Gasteiger partial charge in [-0.25, -0.2) is 0 Å². The molecule has 0 bridgehead atoms. The van der Waals surface area contributed by atoms with Crippen molar-refractivity contribution < 1.29 is 5.11 Å². The molecule has 1 N–H and O–H groups in total. The van der Waals surface area contributed by atoms with Crippen LogP contribution >= 0.6 is 0 Å².